The van der Waals surface area contributed by atoms with Crippen molar-refractivity contribution in [1.82, 2.24) is 15.0 Å². The molecule has 0 atom stereocenters. The largest absolute Gasteiger partial charge is 0.503 e. The van der Waals surface area contributed by atoms with Crippen molar-refractivity contribution in [2.45, 2.75) is 33.6 Å². The first-order chi connectivity index (χ1) is 11.6. The zero-order valence-electron chi connectivity index (χ0n) is 14.0. The van der Waals surface area contributed by atoms with Crippen LogP contribution < -0.4 is 5.32 Å². The molecule has 1 aliphatic rings. The normalized spacial score (nSPS) is 15.5. The quantitative estimate of drug-likeness (QED) is 0.769. The molecule has 0 spiro atoms. The van der Waals surface area contributed by atoms with Crippen molar-refractivity contribution in [2.75, 3.05) is 11.9 Å². The van der Waals surface area contributed by atoms with Gasteiger partial charge in [0.15, 0.2) is 11.6 Å². The molecule has 0 radical (unpaired) electrons. The number of rotatable bonds is 6. The molecule has 0 fully saturated rings. The molecule has 0 aliphatic carbocycles. The smallest absolute Gasteiger partial charge is 0.180 e. The molecule has 0 amide bonds. The Bertz CT molecular complexity index is 711. The van der Waals surface area contributed by atoms with Crippen LogP contribution in [0.25, 0.3) is 0 Å². The molecule has 2 heterocycles. The van der Waals surface area contributed by atoms with E-state index in [0.717, 1.165) is 17.8 Å². The van der Waals surface area contributed by atoms with Crippen LogP contribution in [0.5, 0.6) is 5.75 Å². The molecule has 1 aliphatic heterocycles. The third-order valence-electron chi connectivity index (χ3n) is 3.52. The third kappa shape index (κ3) is 4.32. The Kier molecular flexibility index (Phi) is 6.31. The third-order valence-corrected chi connectivity index (χ3v) is 3.86. The zero-order valence-corrected chi connectivity index (χ0v) is 14.7. The van der Waals surface area contributed by atoms with Crippen molar-refractivity contribution in [1.29, 1.82) is 0 Å². The number of aliphatic imine (C=N–C) groups is 1. The predicted octanol–water partition coefficient (Wildman–Crippen LogP) is 3.39. The minimum absolute atomic E-state index is 0.0180. The summed E-state index contributed by atoms with van der Waals surface area (Å²) < 4.78 is 0. The fourth-order valence-electron chi connectivity index (χ4n) is 2.11. The summed E-state index contributed by atoms with van der Waals surface area (Å²) in [6.45, 7) is 6.34. The molecule has 128 valence electrons. The van der Waals surface area contributed by atoms with E-state index in [2.05, 4.69) is 25.4 Å². The van der Waals surface area contributed by atoms with Crippen LogP contribution in [-0.4, -0.2) is 39.2 Å². The number of aromatic nitrogens is 2. The van der Waals surface area contributed by atoms with Crippen molar-refractivity contribution in [3.05, 3.63) is 34.5 Å². The van der Waals surface area contributed by atoms with Gasteiger partial charge in [0.25, 0.3) is 0 Å². The van der Waals surface area contributed by atoms with E-state index in [1.54, 1.807) is 13.1 Å². The molecule has 2 rings (SSSR count). The van der Waals surface area contributed by atoms with Gasteiger partial charge in [-0.3, -0.25) is 5.01 Å². The van der Waals surface area contributed by atoms with Crippen LogP contribution in [0.1, 0.15) is 32.4 Å². The maximum absolute atomic E-state index is 10.0. The van der Waals surface area contributed by atoms with Crippen LogP contribution in [0.4, 0.5) is 5.82 Å². The summed E-state index contributed by atoms with van der Waals surface area (Å²) in [4.78, 5) is 12.0. The maximum Gasteiger partial charge on any atom is 0.180 e. The maximum atomic E-state index is 10.0. The number of allylic oxidation sites excluding steroid dienone is 4. The van der Waals surface area contributed by atoms with Gasteiger partial charge in [-0.1, -0.05) is 25.4 Å². The minimum atomic E-state index is 0.0180. The van der Waals surface area contributed by atoms with E-state index >= 15 is 0 Å². The second-order valence-electron chi connectivity index (χ2n) is 5.10. The van der Waals surface area contributed by atoms with E-state index in [9.17, 15) is 5.11 Å². The van der Waals surface area contributed by atoms with E-state index in [0.29, 0.717) is 29.5 Å². The van der Waals surface area contributed by atoms with Crippen molar-refractivity contribution >= 4 is 30.0 Å². The highest BCUT2D eigenvalue weighted by atomic mass is 35.5. The Morgan fingerprint density at radius 2 is 2.17 bits per heavy atom. The van der Waals surface area contributed by atoms with Crippen LogP contribution in [0.15, 0.2) is 38.9 Å². The molecule has 7 nitrogen and oxygen atoms in total. The number of hydrogen-bond donors (Lipinski definition) is 2. The zero-order chi connectivity index (χ0) is 17.5. The first-order valence-electron chi connectivity index (χ1n) is 7.75. The Balaban J connectivity index is 2.28. The van der Waals surface area contributed by atoms with Gasteiger partial charge >= 0.3 is 0 Å². The van der Waals surface area contributed by atoms with Crippen LogP contribution in [0.2, 0.25) is 0 Å². The summed E-state index contributed by atoms with van der Waals surface area (Å²) in [5.41, 5.74) is 2.23. The molecular formula is C16H21ClN6O. The van der Waals surface area contributed by atoms with Crippen molar-refractivity contribution in [2.24, 2.45) is 10.1 Å². The fraction of sp³-hybridized carbons (Fsp3) is 0.375. The predicted molar refractivity (Wildman–Crippen MR) is 97.3 cm³/mol. The van der Waals surface area contributed by atoms with Gasteiger partial charge in [0.1, 0.15) is 12.7 Å². The summed E-state index contributed by atoms with van der Waals surface area (Å²) in [5.74, 6) is 0.358. The van der Waals surface area contributed by atoms with E-state index in [1.165, 1.54) is 12.7 Å². The SMILES string of the molecule is CC/C(Nc1ncnc(C)c1O)=C(Cl)\C=C(/CC)N1CC=NC=N1. The summed E-state index contributed by atoms with van der Waals surface area (Å²) in [5, 5.41) is 19.7. The summed E-state index contributed by atoms with van der Waals surface area (Å²) in [7, 11) is 0. The average molecular weight is 349 g/mol. The number of halogens is 1. The number of aromatic hydroxyl groups is 1. The number of nitrogens with one attached hydrogen (secondary N) is 1. The lowest BCUT2D eigenvalue weighted by molar-refractivity contribution is 0.403. The second-order valence-corrected chi connectivity index (χ2v) is 5.50. The average Bonchev–Trinajstić information content (AvgIpc) is 2.61. The number of hydrazone groups is 1. The first-order valence-corrected chi connectivity index (χ1v) is 8.13. The van der Waals surface area contributed by atoms with E-state index in [1.807, 2.05) is 24.9 Å². The van der Waals surface area contributed by atoms with Gasteiger partial charge in [-0.2, -0.15) is 5.10 Å². The lowest BCUT2D eigenvalue weighted by atomic mass is 10.2. The standard InChI is InChI=1S/C16H21ClN6O/c1-4-12(23-7-6-18-9-21-23)8-13(17)14(5-2)22-16-15(24)11(3)19-10-20-16/h6,8-10,24H,4-5,7H2,1-3H3,(H,19,20,22)/b12-8+,14-13-. The molecular weight excluding hydrogens is 328 g/mol. The summed E-state index contributed by atoms with van der Waals surface area (Å²) in [6, 6.07) is 0. The monoisotopic (exact) mass is 348 g/mol. The second kappa shape index (κ2) is 8.44. The highest BCUT2D eigenvalue weighted by molar-refractivity contribution is 6.31. The van der Waals surface area contributed by atoms with Crippen molar-refractivity contribution in [3.8, 4) is 5.75 Å². The highest BCUT2D eigenvalue weighted by Crippen LogP contribution is 2.27. The molecule has 1 aromatic heterocycles. The van der Waals surface area contributed by atoms with E-state index < -0.39 is 0 Å². The van der Waals surface area contributed by atoms with Gasteiger partial charge in [-0.15, -0.1) is 0 Å². The summed E-state index contributed by atoms with van der Waals surface area (Å²) >= 11 is 6.49. The Hall–Kier alpha value is -2.41. The lowest BCUT2D eigenvalue weighted by Crippen LogP contribution is -2.21. The molecule has 0 aromatic carbocycles. The van der Waals surface area contributed by atoms with Gasteiger partial charge in [0, 0.05) is 17.6 Å². The Labute approximate surface area is 146 Å². The van der Waals surface area contributed by atoms with Gasteiger partial charge < -0.3 is 10.4 Å². The van der Waals surface area contributed by atoms with Gasteiger partial charge in [0.2, 0.25) is 0 Å². The van der Waals surface area contributed by atoms with Gasteiger partial charge in [-0.25, -0.2) is 15.0 Å². The summed E-state index contributed by atoms with van der Waals surface area (Å²) in [6.07, 6.45) is 7.98. The number of aryl methyl sites for hydroxylation is 1. The fourth-order valence-corrected chi connectivity index (χ4v) is 2.42. The molecule has 0 bridgehead atoms. The van der Waals surface area contributed by atoms with Crippen LogP contribution >= 0.6 is 11.6 Å². The molecule has 0 saturated carbocycles. The molecule has 24 heavy (non-hydrogen) atoms. The van der Waals surface area contributed by atoms with Crippen molar-refractivity contribution < 1.29 is 5.11 Å². The van der Waals surface area contributed by atoms with E-state index in [-0.39, 0.29) is 5.75 Å². The van der Waals surface area contributed by atoms with Gasteiger partial charge in [-0.05, 0) is 25.8 Å². The molecule has 2 N–H and O–H groups in total. The van der Waals surface area contributed by atoms with E-state index in [4.69, 9.17) is 11.6 Å². The molecule has 0 saturated heterocycles. The molecule has 0 unspecified atom stereocenters. The van der Waals surface area contributed by atoms with Crippen LogP contribution in [-0.2, 0) is 0 Å². The number of anilines is 1. The lowest BCUT2D eigenvalue weighted by Gasteiger charge is -2.21. The molecule has 8 heteroatoms. The number of nitrogens with zero attached hydrogens (tertiary/aromatic N) is 5. The highest BCUT2D eigenvalue weighted by Gasteiger charge is 2.12. The Morgan fingerprint density at radius 1 is 1.38 bits per heavy atom. The first kappa shape index (κ1) is 17.9. The van der Waals surface area contributed by atoms with Crippen LogP contribution in [0, 0.1) is 6.92 Å². The number of hydrogen-bond acceptors (Lipinski definition) is 7. The van der Waals surface area contributed by atoms with Crippen LogP contribution in [0.3, 0.4) is 0 Å². The van der Waals surface area contributed by atoms with Gasteiger partial charge in [0.05, 0.1) is 17.3 Å². The minimum Gasteiger partial charge on any atom is -0.503 e. The van der Waals surface area contributed by atoms with Crippen molar-refractivity contribution in [3.63, 3.8) is 0 Å². The molecule has 1 aromatic rings. The Morgan fingerprint density at radius 3 is 2.79 bits per heavy atom. The topological polar surface area (TPSA) is 86.0 Å².